The van der Waals surface area contributed by atoms with Gasteiger partial charge in [-0.1, -0.05) is 0 Å². The van der Waals surface area contributed by atoms with Gasteiger partial charge in [0, 0.05) is 0 Å². The third-order valence-corrected chi connectivity index (χ3v) is 1.80. The number of rotatable bonds is 2. The van der Waals surface area contributed by atoms with Gasteiger partial charge in [-0.25, -0.2) is 0 Å². The Labute approximate surface area is 378 Å². The van der Waals surface area contributed by atoms with E-state index in [2.05, 4.69) is 4.31 Å². The predicted octanol–water partition coefficient (Wildman–Crippen LogP) is -27.1. The van der Waals surface area contributed by atoms with E-state index < -0.39 is 23.5 Å². The molecule has 0 fully saturated rings. The fourth-order valence-corrected chi connectivity index (χ4v) is 1.10. The smallest absolute Gasteiger partial charge is 0.822 e. The van der Waals surface area contributed by atoms with Crippen LogP contribution >= 0.6 is 23.5 Å². The van der Waals surface area contributed by atoms with Gasteiger partial charge in [-0.3, -0.25) is 0 Å². The molecule has 0 aromatic rings. The maximum atomic E-state index is 9.32. The second kappa shape index (κ2) is 30.6. The Morgan fingerprint density at radius 2 is 0.619 bits per heavy atom. The summed E-state index contributed by atoms with van der Waals surface area (Å²) in [5, 5.41) is 0. The summed E-state index contributed by atoms with van der Waals surface area (Å²) >= 11 is 0. The molecule has 0 unspecified atom stereocenters. The Kier molecular flexibility index (Phi) is 84.2. The molecule has 0 amide bonds. The molecule has 0 bridgehead atoms. The molecule has 21 heavy (non-hydrogen) atoms. The van der Waals surface area contributed by atoms with E-state index in [9.17, 15) is 28.7 Å². The van der Waals surface area contributed by atoms with Crippen LogP contribution in [-0.2, 0) is 18.0 Å². The van der Waals surface area contributed by atoms with Crippen LogP contribution in [0.5, 0.6) is 0 Å². The Hall–Kier alpha value is 10.6. The van der Waals surface area contributed by atoms with E-state index in [4.69, 9.17) is 19.2 Å². The Morgan fingerprint density at radius 1 is 0.524 bits per heavy atom. The molecule has 88 valence electrons. The predicted molar refractivity (Wildman–Crippen MR) is 23.9 cm³/mol. The molecule has 0 saturated carbocycles. The van der Waals surface area contributed by atoms with Gasteiger partial charge in [-0.2, -0.15) is 7.82 Å². The molecule has 0 aliphatic carbocycles. The minimum atomic E-state index is -5.68. The van der Waals surface area contributed by atoms with Crippen molar-refractivity contribution in [3.63, 3.8) is 0 Å². The molecule has 0 spiro atoms. The molecule has 0 aromatic carbocycles. The van der Waals surface area contributed by atoms with E-state index in [0.717, 1.165) is 0 Å². The zero-order chi connectivity index (χ0) is 12.2. The van der Waals surface area contributed by atoms with Gasteiger partial charge < -0.3 is 52.3 Å². The minimum Gasteiger partial charge on any atom is -0.822 e. The Morgan fingerprint density at radius 3 is 0.619 bits per heavy atom. The first-order valence-corrected chi connectivity index (χ1v) is 6.57. The molecule has 11 nitrogen and oxygen atoms in total. The molecule has 0 aromatic heterocycles. The summed E-state index contributed by atoms with van der Waals surface area (Å²) < 4.78 is 29.7. The molecule has 0 saturated heterocycles. The molecule has 0 rings (SSSR count). The van der Waals surface area contributed by atoms with E-state index in [1.165, 1.54) is 0 Å². The minimum absolute atomic E-state index is 0. The van der Waals surface area contributed by atoms with Crippen LogP contribution in [0.3, 0.4) is 0 Å². The van der Waals surface area contributed by atoms with Crippen LogP contribution in [0.2, 0.25) is 0 Å². The summed E-state index contributed by atoms with van der Waals surface area (Å²) in [6.45, 7) is 0. The summed E-state index contributed by atoms with van der Waals surface area (Å²) in [6, 6.07) is 0. The standard InChI is InChI=1S/5K.2Na.H4O7P2.H3O4P/c;;;;;;;1-8(2,3)7-9(4,5)6;1-5(2,3)4/h;;;;;;;(H2,1,2,3)(H2,4,5,6);(H3,1,2,3,4)/q7*+1;;/p-7. The summed E-state index contributed by atoms with van der Waals surface area (Å²) in [5.74, 6) is 0. The van der Waals surface area contributed by atoms with Crippen molar-refractivity contribution in [1.29, 1.82) is 0 Å². The van der Waals surface area contributed by atoms with Gasteiger partial charge in [0.05, 0.1) is 15.6 Å². The van der Waals surface area contributed by atoms with Gasteiger partial charge in [-0.05, 0) is 0 Å². The summed E-state index contributed by atoms with van der Waals surface area (Å²) in [7, 11) is -16.7. The molecule has 0 heterocycles. The van der Waals surface area contributed by atoms with Crippen LogP contribution in [0.4, 0.5) is 0 Å². The van der Waals surface area contributed by atoms with Crippen molar-refractivity contribution in [2.75, 3.05) is 0 Å². The van der Waals surface area contributed by atoms with Crippen molar-refractivity contribution in [2.24, 2.45) is 0 Å². The van der Waals surface area contributed by atoms with Crippen molar-refractivity contribution in [1.82, 2.24) is 0 Å². The average molecular weight is 510 g/mol. The van der Waals surface area contributed by atoms with Crippen LogP contribution in [0, 0.1) is 0 Å². The Balaban J connectivity index is -0.0000000157. The summed E-state index contributed by atoms with van der Waals surface area (Å²) in [6.07, 6.45) is 0. The van der Waals surface area contributed by atoms with Crippen LogP contribution in [0.15, 0.2) is 0 Å². The van der Waals surface area contributed by atoms with Gasteiger partial charge in [0.15, 0.2) is 0 Å². The van der Waals surface area contributed by atoms with Crippen LogP contribution < -0.4 is 350 Å². The van der Waals surface area contributed by atoms with Crippen LogP contribution in [0.25, 0.3) is 0 Å². The molecular formula is K5Na2O11P3. The molecule has 0 atom stereocenters. The zero-order valence-electron chi connectivity index (χ0n) is 12.8. The van der Waals surface area contributed by atoms with Gasteiger partial charge in [0.25, 0.3) is 0 Å². The van der Waals surface area contributed by atoms with Gasteiger partial charge in [0.1, 0.15) is 0 Å². The summed E-state index contributed by atoms with van der Waals surface area (Å²) in [5.41, 5.74) is 0. The molecular weight excluding hydrogens is 510 g/mol. The second-order valence-electron chi connectivity index (χ2n) is 1.42. The van der Waals surface area contributed by atoms with E-state index in [0.29, 0.717) is 0 Å². The first kappa shape index (κ1) is 57.9. The van der Waals surface area contributed by atoms with Crippen LogP contribution in [0.1, 0.15) is 0 Å². The zero-order valence-corrected chi connectivity index (χ0v) is 35.1. The third kappa shape index (κ3) is 90.9. The van der Waals surface area contributed by atoms with Crippen molar-refractivity contribution < 1.29 is 368 Å². The quantitative estimate of drug-likeness (QED) is 0.250. The van der Waals surface area contributed by atoms with E-state index in [1.54, 1.807) is 0 Å². The largest absolute Gasteiger partial charge is 1.00 e. The number of hydrogen-bond donors (Lipinski definition) is 0. The van der Waals surface area contributed by atoms with Gasteiger partial charge in [-0.15, -0.1) is 0 Å². The first-order valence-electron chi connectivity index (χ1n) is 2.19. The molecule has 0 radical (unpaired) electrons. The number of hydrogen-bond acceptors (Lipinski definition) is 11. The topological polar surface area (TPSA) is 222 Å². The van der Waals surface area contributed by atoms with Crippen molar-refractivity contribution in [2.45, 2.75) is 0 Å². The molecule has 0 aliphatic rings. The van der Waals surface area contributed by atoms with E-state index in [-0.39, 0.29) is 316 Å². The average Bonchev–Trinajstić information content (AvgIpc) is 1.42. The maximum Gasteiger partial charge on any atom is 1.00 e. The monoisotopic (exact) mass is 510 g/mol. The van der Waals surface area contributed by atoms with Gasteiger partial charge >= 0.3 is 316 Å². The fourth-order valence-electron chi connectivity index (χ4n) is 0.122. The second-order valence-corrected chi connectivity index (χ2v) is 4.76. The van der Waals surface area contributed by atoms with E-state index in [1.807, 2.05) is 0 Å². The fraction of sp³-hybridized carbons (Fsp3) is 0. The Bertz CT molecular complexity index is 279. The van der Waals surface area contributed by atoms with Crippen molar-refractivity contribution in [3.8, 4) is 0 Å². The van der Waals surface area contributed by atoms with E-state index >= 15 is 0 Å². The van der Waals surface area contributed by atoms with Crippen molar-refractivity contribution >= 4 is 23.5 Å². The summed E-state index contributed by atoms with van der Waals surface area (Å²) in [4.78, 5) is 62.9. The number of phosphoric acid groups is 3. The molecule has 21 heteroatoms. The van der Waals surface area contributed by atoms with Gasteiger partial charge in [0.2, 0.25) is 0 Å². The molecule has 0 N–H and O–H groups in total. The van der Waals surface area contributed by atoms with Crippen molar-refractivity contribution in [3.05, 3.63) is 0 Å². The SMILES string of the molecule is O=P([O-])([O-])OP(=O)([O-])[O-].O=P([O-])([O-])[O-].[K+].[K+].[K+].[K+].[K+].[Na+].[Na+]. The third-order valence-electron chi connectivity index (χ3n) is 0.200. The normalized spacial score (nSPS) is 8.71. The first-order chi connectivity index (χ1) is 5.71. The molecule has 0 aliphatic heterocycles. The maximum absolute atomic E-state index is 9.32. The van der Waals surface area contributed by atoms with Crippen LogP contribution in [-0.4, -0.2) is 0 Å².